The van der Waals surface area contributed by atoms with Crippen LogP contribution in [0, 0.1) is 0 Å². The number of likely N-dealkylation sites (tertiary alicyclic amines) is 1. The predicted octanol–water partition coefficient (Wildman–Crippen LogP) is 2.77. The van der Waals surface area contributed by atoms with Crippen molar-refractivity contribution in [3.63, 3.8) is 0 Å². The highest BCUT2D eigenvalue weighted by molar-refractivity contribution is 4.74. The molecule has 0 aromatic rings. The lowest BCUT2D eigenvalue weighted by Gasteiger charge is -2.29. The van der Waals surface area contributed by atoms with Crippen LogP contribution >= 0.6 is 0 Å². The SMILES string of the molecule is CCC1CCCCCN1CCCCCN. The fraction of sp³-hybridized carbons (Fsp3) is 1.00. The summed E-state index contributed by atoms with van der Waals surface area (Å²) in [5.74, 6) is 0. The van der Waals surface area contributed by atoms with Crippen LogP contribution in [0.4, 0.5) is 0 Å². The van der Waals surface area contributed by atoms with Crippen LogP contribution in [0.2, 0.25) is 0 Å². The quantitative estimate of drug-likeness (QED) is 0.686. The van der Waals surface area contributed by atoms with E-state index in [2.05, 4.69) is 11.8 Å². The fourth-order valence-corrected chi connectivity index (χ4v) is 2.63. The van der Waals surface area contributed by atoms with E-state index in [0.717, 1.165) is 12.6 Å². The summed E-state index contributed by atoms with van der Waals surface area (Å²) < 4.78 is 0. The Balaban J connectivity index is 2.22. The van der Waals surface area contributed by atoms with E-state index in [9.17, 15) is 0 Å². The third-order valence-electron chi connectivity index (χ3n) is 3.62. The Morgan fingerprint density at radius 1 is 1.13 bits per heavy atom. The molecule has 0 aromatic carbocycles. The lowest BCUT2D eigenvalue weighted by Crippen LogP contribution is -2.35. The number of hydrogen-bond donors (Lipinski definition) is 1. The molecular weight excluding hydrogens is 184 g/mol. The summed E-state index contributed by atoms with van der Waals surface area (Å²) in [4.78, 5) is 2.73. The Morgan fingerprint density at radius 2 is 2.00 bits per heavy atom. The van der Waals surface area contributed by atoms with Crippen LogP contribution in [-0.2, 0) is 0 Å². The average molecular weight is 212 g/mol. The van der Waals surface area contributed by atoms with Crippen LogP contribution in [0.25, 0.3) is 0 Å². The zero-order valence-corrected chi connectivity index (χ0v) is 10.4. The fourth-order valence-electron chi connectivity index (χ4n) is 2.63. The molecule has 1 atom stereocenters. The van der Waals surface area contributed by atoms with Gasteiger partial charge in [-0.05, 0) is 51.7 Å². The first-order valence-corrected chi connectivity index (χ1v) is 6.82. The first kappa shape index (κ1) is 13.0. The van der Waals surface area contributed by atoms with Gasteiger partial charge in [0.1, 0.15) is 0 Å². The van der Waals surface area contributed by atoms with Gasteiger partial charge in [-0.25, -0.2) is 0 Å². The molecule has 90 valence electrons. The van der Waals surface area contributed by atoms with Crippen LogP contribution in [0.5, 0.6) is 0 Å². The number of rotatable bonds is 6. The zero-order valence-electron chi connectivity index (χ0n) is 10.4. The number of nitrogens with zero attached hydrogens (tertiary/aromatic N) is 1. The third kappa shape index (κ3) is 4.98. The molecule has 0 spiro atoms. The summed E-state index contributed by atoms with van der Waals surface area (Å²) in [5.41, 5.74) is 5.51. The molecule has 1 rings (SSSR count). The molecule has 1 unspecified atom stereocenters. The molecule has 1 aliphatic heterocycles. The molecule has 15 heavy (non-hydrogen) atoms. The molecule has 0 bridgehead atoms. The van der Waals surface area contributed by atoms with Crippen LogP contribution in [0.15, 0.2) is 0 Å². The highest BCUT2D eigenvalue weighted by Crippen LogP contribution is 2.19. The molecule has 2 N–H and O–H groups in total. The van der Waals surface area contributed by atoms with Crippen molar-refractivity contribution in [1.29, 1.82) is 0 Å². The van der Waals surface area contributed by atoms with Crippen LogP contribution in [0.3, 0.4) is 0 Å². The van der Waals surface area contributed by atoms with Gasteiger partial charge >= 0.3 is 0 Å². The van der Waals surface area contributed by atoms with E-state index in [4.69, 9.17) is 5.73 Å². The van der Waals surface area contributed by atoms with Crippen molar-refractivity contribution in [2.24, 2.45) is 5.73 Å². The second-order valence-electron chi connectivity index (χ2n) is 4.80. The largest absolute Gasteiger partial charge is 0.330 e. The van der Waals surface area contributed by atoms with Gasteiger partial charge in [-0.1, -0.05) is 26.2 Å². The third-order valence-corrected chi connectivity index (χ3v) is 3.62. The monoisotopic (exact) mass is 212 g/mol. The summed E-state index contributed by atoms with van der Waals surface area (Å²) in [5, 5.41) is 0. The first-order chi connectivity index (χ1) is 7.38. The van der Waals surface area contributed by atoms with E-state index in [-0.39, 0.29) is 0 Å². The van der Waals surface area contributed by atoms with E-state index in [0.29, 0.717) is 0 Å². The molecule has 1 fully saturated rings. The molecule has 2 nitrogen and oxygen atoms in total. The predicted molar refractivity (Wildman–Crippen MR) is 67.0 cm³/mol. The van der Waals surface area contributed by atoms with Gasteiger partial charge < -0.3 is 10.6 Å². The van der Waals surface area contributed by atoms with Crippen molar-refractivity contribution < 1.29 is 0 Å². The highest BCUT2D eigenvalue weighted by atomic mass is 15.1. The summed E-state index contributed by atoms with van der Waals surface area (Å²) in [6, 6.07) is 0.866. The van der Waals surface area contributed by atoms with Gasteiger partial charge in [-0.15, -0.1) is 0 Å². The topological polar surface area (TPSA) is 29.3 Å². The number of unbranched alkanes of at least 4 members (excludes halogenated alkanes) is 2. The van der Waals surface area contributed by atoms with E-state index in [1.807, 2.05) is 0 Å². The van der Waals surface area contributed by atoms with Crippen molar-refractivity contribution in [2.75, 3.05) is 19.6 Å². The van der Waals surface area contributed by atoms with E-state index < -0.39 is 0 Å². The van der Waals surface area contributed by atoms with Gasteiger partial charge in [-0.3, -0.25) is 0 Å². The standard InChI is InChI=1S/C13H28N2/c1-2-13-9-5-3-7-11-15(13)12-8-4-6-10-14/h13H,2-12,14H2,1H3. The molecule has 1 heterocycles. The minimum absolute atomic E-state index is 0.858. The molecule has 0 aliphatic carbocycles. The number of nitrogens with two attached hydrogens (primary N) is 1. The van der Waals surface area contributed by atoms with E-state index in [1.54, 1.807) is 0 Å². The Morgan fingerprint density at radius 3 is 2.73 bits per heavy atom. The highest BCUT2D eigenvalue weighted by Gasteiger charge is 2.18. The van der Waals surface area contributed by atoms with Crippen LogP contribution in [-0.4, -0.2) is 30.6 Å². The lowest BCUT2D eigenvalue weighted by atomic mass is 10.1. The maximum Gasteiger partial charge on any atom is 0.00926 e. The van der Waals surface area contributed by atoms with Gasteiger partial charge in [0, 0.05) is 6.04 Å². The molecule has 1 saturated heterocycles. The Hall–Kier alpha value is -0.0800. The molecule has 1 aliphatic rings. The number of hydrogen-bond acceptors (Lipinski definition) is 2. The van der Waals surface area contributed by atoms with E-state index in [1.165, 1.54) is 64.5 Å². The van der Waals surface area contributed by atoms with Crippen LogP contribution < -0.4 is 5.73 Å². The Labute approximate surface area is 95.2 Å². The molecule has 0 amide bonds. The first-order valence-electron chi connectivity index (χ1n) is 6.82. The molecule has 2 heteroatoms. The minimum atomic E-state index is 0.858. The van der Waals surface area contributed by atoms with Gasteiger partial charge in [0.2, 0.25) is 0 Å². The maximum absolute atomic E-state index is 5.51. The zero-order chi connectivity index (χ0) is 10.9. The minimum Gasteiger partial charge on any atom is -0.330 e. The summed E-state index contributed by atoms with van der Waals surface area (Å²) in [7, 11) is 0. The molecule has 0 saturated carbocycles. The van der Waals surface area contributed by atoms with Crippen molar-refractivity contribution in [2.45, 2.75) is 64.3 Å². The van der Waals surface area contributed by atoms with Crippen molar-refractivity contribution in [3.8, 4) is 0 Å². The second kappa shape index (κ2) is 8.12. The van der Waals surface area contributed by atoms with Gasteiger partial charge in [0.15, 0.2) is 0 Å². The Kier molecular flexibility index (Phi) is 7.03. The van der Waals surface area contributed by atoms with Gasteiger partial charge in [0.25, 0.3) is 0 Å². The summed E-state index contributed by atoms with van der Waals surface area (Å²) in [6.07, 6.45) is 10.9. The second-order valence-corrected chi connectivity index (χ2v) is 4.80. The summed E-state index contributed by atoms with van der Waals surface area (Å²) in [6.45, 7) is 5.83. The molecular formula is C13H28N2. The maximum atomic E-state index is 5.51. The van der Waals surface area contributed by atoms with Gasteiger partial charge in [-0.2, -0.15) is 0 Å². The van der Waals surface area contributed by atoms with Gasteiger partial charge in [0.05, 0.1) is 0 Å². The van der Waals surface area contributed by atoms with Crippen molar-refractivity contribution in [1.82, 2.24) is 4.90 Å². The Bertz CT molecular complexity index is 147. The average Bonchev–Trinajstić information content (AvgIpc) is 2.49. The smallest absolute Gasteiger partial charge is 0.00926 e. The normalized spacial score (nSPS) is 24.0. The van der Waals surface area contributed by atoms with Crippen molar-refractivity contribution >= 4 is 0 Å². The van der Waals surface area contributed by atoms with Crippen molar-refractivity contribution in [3.05, 3.63) is 0 Å². The van der Waals surface area contributed by atoms with Crippen LogP contribution in [0.1, 0.15) is 58.3 Å². The molecule has 0 radical (unpaired) electrons. The molecule has 0 aromatic heterocycles. The van der Waals surface area contributed by atoms with E-state index >= 15 is 0 Å². The summed E-state index contributed by atoms with van der Waals surface area (Å²) >= 11 is 0. The lowest BCUT2D eigenvalue weighted by molar-refractivity contribution is 0.191.